The summed E-state index contributed by atoms with van der Waals surface area (Å²) in [4.78, 5) is 2.72. The van der Waals surface area contributed by atoms with Gasteiger partial charge in [0.2, 0.25) is 0 Å². The average Bonchev–Trinajstić information content (AvgIpc) is 2.90. The lowest BCUT2D eigenvalue weighted by atomic mass is 10.00. The summed E-state index contributed by atoms with van der Waals surface area (Å²) in [7, 11) is 0. The van der Waals surface area contributed by atoms with E-state index in [0.717, 1.165) is 6.54 Å². The van der Waals surface area contributed by atoms with Crippen LogP contribution in [0.1, 0.15) is 39.2 Å². The number of nitrogens with zero attached hydrogens (tertiary/aromatic N) is 1. The van der Waals surface area contributed by atoms with E-state index in [4.69, 9.17) is 0 Å². The highest BCUT2D eigenvalue weighted by Gasteiger charge is 2.29. The zero-order valence-corrected chi connectivity index (χ0v) is 12.7. The molecule has 0 bridgehead atoms. The first-order chi connectivity index (χ1) is 8.74. The molecule has 1 aliphatic heterocycles. The van der Waals surface area contributed by atoms with Crippen molar-refractivity contribution in [1.82, 2.24) is 10.2 Å². The predicted octanol–water partition coefficient (Wildman–Crippen LogP) is 3.14. The molecule has 0 amide bonds. The molecular weight excluding hydrogens is 240 g/mol. The number of thiophene rings is 1. The van der Waals surface area contributed by atoms with Crippen LogP contribution >= 0.6 is 11.3 Å². The molecule has 1 fully saturated rings. The van der Waals surface area contributed by atoms with Crippen LogP contribution in [0, 0.1) is 0 Å². The molecule has 2 rings (SSSR count). The van der Waals surface area contributed by atoms with Gasteiger partial charge in [0.15, 0.2) is 0 Å². The van der Waals surface area contributed by atoms with Gasteiger partial charge in [0, 0.05) is 31.2 Å². The highest BCUT2D eigenvalue weighted by Crippen LogP contribution is 2.19. The minimum absolute atomic E-state index is 0.653. The molecule has 1 aromatic heterocycles. The largest absolute Gasteiger partial charge is 0.311 e. The molecule has 0 spiro atoms. The Hall–Kier alpha value is -0.380. The van der Waals surface area contributed by atoms with Crippen LogP contribution in [0.5, 0.6) is 0 Å². The van der Waals surface area contributed by atoms with Crippen molar-refractivity contribution in [3.63, 3.8) is 0 Å². The molecule has 1 saturated heterocycles. The zero-order valence-electron chi connectivity index (χ0n) is 11.9. The van der Waals surface area contributed by atoms with Crippen molar-refractivity contribution in [1.29, 1.82) is 0 Å². The van der Waals surface area contributed by atoms with E-state index in [-0.39, 0.29) is 0 Å². The summed E-state index contributed by atoms with van der Waals surface area (Å²) in [6.07, 6.45) is 3.67. The van der Waals surface area contributed by atoms with Gasteiger partial charge in [-0.25, -0.2) is 0 Å². The summed E-state index contributed by atoms with van der Waals surface area (Å²) in [5.74, 6) is 0. The molecule has 0 aliphatic carbocycles. The Morgan fingerprint density at radius 1 is 1.44 bits per heavy atom. The van der Waals surface area contributed by atoms with Crippen LogP contribution < -0.4 is 5.32 Å². The van der Waals surface area contributed by atoms with E-state index in [0.29, 0.717) is 18.1 Å². The molecular formula is C15H26N2S. The number of piperazine rings is 1. The first kappa shape index (κ1) is 14.0. The van der Waals surface area contributed by atoms with E-state index in [1.807, 2.05) is 11.3 Å². The molecule has 1 aromatic rings. The molecule has 0 aromatic carbocycles. The lowest BCUT2D eigenvalue weighted by molar-refractivity contribution is 0.0852. The fourth-order valence-electron chi connectivity index (χ4n) is 2.95. The topological polar surface area (TPSA) is 15.3 Å². The Morgan fingerprint density at radius 2 is 2.28 bits per heavy atom. The molecule has 3 heteroatoms. The number of nitrogens with one attached hydrogen (secondary N) is 1. The Morgan fingerprint density at radius 3 is 2.89 bits per heavy atom. The highest BCUT2D eigenvalue weighted by atomic mass is 32.1. The molecule has 102 valence electrons. The van der Waals surface area contributed by atoms with Gasteiger partial charge in [0.05, 0.1) is 0 Å². The number of hydrogen-bond donors (Lipinski definition) is 1. The highest BCUT2D eigenvalue weighted by molar-refractivity contribution is 7.07. The SMILES string of the molecule is CCC1CN(C(C)Cc2ccsc2)C(CC)CN1. The first-order valence-electron chi connectivity index (χ1n) is 7.24. The fourth-order valence-corrected chi connectivity index (χ4v) is 3.63. The van der Waals surface area contributed by atoms with E-state index in [1.165, 1.54) is 31.4 Å². The van der Waals surface area contributed by atoms with Crippen LogP contribution in [0.25, 0.3) is 0 Å². The molecule has 3 atom stereocenters. The van der Waals surface area contributed by atoms with Crippen LogP contribution in [-0.4, -0.2) is 36.1 Å². The van der Waals surface area contributed by atoms with Gasteiger partial charge >= 0.3 is 0 Å². The molecule has 18 heavy (non-hydrogen) atoms. The maximum Gasteiger partial charge on any atom is 0.0221 e. The van der Waals surface area contributed by atoms with Crippen molar-refractivity contribution < 1.29 is 0 Å². The van der Waals surface area contributed by atoms with Gasteiger partial charge in [-0.2, -0.15) is 11.3 Å². The maximum absolute atomic E-state index is 3.67. The molecule has 0 saturated carbocycles. The number of rotatable bonds is 5. The zero-order chi connectivity index (χ0) is 13.0. The molecule has 2 nitrogen and oxygen atoms in total. The van der Waals surface area contributed by atoms with Gasteiger partial charge in [-0.15, -0.1) is 0 Å². The van der Waals surface area contributed by atoms with Gasteiger partial charge in [0.25, 0.3) is 0 Å². The monoisotopic (exact) mass is 266 g/mol. The van der Waals surface area contributed by atoms with E-state index < -0.39 is 0 Å². The second kappa shape index (κ2) is 6.69. The van der Waals surface area contributed by atoms with Crippen molar-refractivity contribution >= 4 is 11.3 Å². The van der Waals surface area contributed by atoms with Crippen molar-refractivity contribution in [3.05, 3.63) is 22.4 Å². The van der Waals surface area contributed by atoms with Crippen LogP contribution in [0.3, 0.4) is 0 Å². The Balaban J connectivity index is 1.98. The van der Waals surface area contributed by atoms with E-state index >= 15 is 0 Å². The van der Waals surface area contributed by atoms with Crippen molar-refractivity contribution in [2.75, 3.05) is 13.1 Å². The van der Waals surface area contributed by atoms with Crippen LogP contribution in [-0.2, 0) is 6.42 Å². The Kier molecular flexibility index (Phi) is 5.22. The summed E-state index contributed by atoms with van der Waals surface area (Å²) < 4.78 is 0. The smallest absolute Gasteiger partial charge is 0.0221 e. The van der Waals surface area contributed by atoms with Crippen molar-refractivity contribution in [2.45, 2.75) is 58.2 Å². The standard InChI is InChI=1S/C15H26N2S/c1-4-14-10-17(15(5-2)9-16-14)12(3)8-13-6-7-18-11-13/h6-7,11-12,14-16H,4-5,8-10H2,1-3H3. The van der Waals surface area contributed by atoms with Crippen molar-refractivity contribution in [2.24, 2.45) is 0 Å². The van der Waals surface area contributed by atoms with Crippen LogP contribution in [0.4, 0.5) is 0 Å². The van der Waals surface area contributed by atoms with Crippen LogP contribution in [0.2, 0.25) is 0 Å². The molecule has 0 radical (unpaired) electrons. The average molecular weight is 266 g/mol. The second-order valence-corrected chi connectivity index (χ2v) is 6.24. The molecule has 3 unspecified atom stereocenters. The van der Waals surface area contributed by atoms with Gasteiger partial charge < -0.3 is 5.32 Å². The summed E-state index contributed by atoms with van der Waals surface area (Å²) in [6, 6.07) is 4.31. The van der Waals surface area contributed by atoms with Crippen LogP contribution in [0.15, 0.2) is 16.8 Å². The lowest BCUT2D eigenvalue weighted by Crippen LogP contribution is -2.58. The van der Waals surface area contributed by atoms with E-state index in [1.54, 1.807) is 0 Å². The van der Waals surface area contributed by atoms with Crippen molar-refractivity contribution in [3.8, 4) is 0 Å². The minimum Gasteiger partial charge on any atom is -0.311 e. The Bertz CT molecular complexity index is 336. The number of hydrogen-bond acceptors (Lipinski definition) is 3. The Labute approximate surface area is 115 Å². The summed E-state index contributed by atoms with van der Waals surface area (Å²) in [5.41, 5.74) is 1.49. The van der Waals surface area contributed by atoms with Gasteiger partial charge in [-0.3, -0.25) is 4.90 Å². The van der Waals surface area contributed by atoms with E-state index in [9.17, 15) is 0 Å². The second-order valence-electron chi connectivity index (χ2n) is 5.46. The van der Waals surface area contributed by atoms with Gasteiger partial charge in [-0.1, -0.05) is 13.8 Å². The lowest BCUT2D eigenvalue weighted by Gasteiger charge is -2.43. The fraction of sp³-hybridized carbons (Fsp3) is 0.733. The molecule has 1 aliphatic rings. The van der Waals surface area contributed by atoms with Gasteiger partial charge in [0.1, 0.15) is 0 Å². The summed E-state index contributed by atoms with van der Waals surface area (Å²) in [6.45, 7) is 9.34. The molecule has 1 N–H and O–H groups in total. The van der Waals surface area contributed by atoms with E-state index in [2.05, 4.69) is 47.8 Å². The minimum atomic E-state index is 0.653. The third-order valence-corrected chi connectivity index (χ3v) is 4.92. The predicted molar refractivity (Wildman–Crippen MR) is 80.4 cm³/mol. The van der Waals surface area contributed by atoms with Gasteiger partial charge in [-0.05, 0) is 48.6 Å². The first-order valence-corrected chi connectivity index (χ1v) is 8.19. The third kappa shape index (κ3) is 3.34. The quantitative estimate of drug-likeness (QED) is 0.881. The summed E-state index contributed by atoms with van der Waals surface area (Å²) >= 11 is 1.81. The summed E-state index contributed by atoms with van der Waals surface area (Å²) in [5, 5.41) is 8.15. The molecule has 2 heterocycles. The third-order valence-electron chi connectivity index (χ3n) is 4.18. The normalized spacial score (nSPS) is 27.3. The maximum atomic E-state index is 3.67.